The number of anilines is 2. The van der Waals surface area contributed by atoms with E-state index in [0.29, 0.717) is 5.75 Å². The second kappa shape index (κ2) is 9.88. The van der Waals surface area contributed by atoms with Crippen LogP contribution in [0.15, 0.2) is 97.1 Å². The van der Waals surface area contributed by atoms with E-state index in [0.717, 1.165) is 16.9 Å². The molecule has 0 aliphatic heterocycles. The fourth-order valence-corrected chi connectivity index (χ4v) is 6.64. The minimum Gasteiger partial charge on any atom is -0.505 e. The van der Waals surface area contributed by atoms with Crippen molar-refractivity contribution in [2.24, 2.45) is 0 Å². The highest BCUT2D eigenvalue weighted by molar-refractivity contribution is 7.80. The van der Waals surface area contributed by atoms with E-state index in [-0.39, 0.29) is 10.8 Å². The molecule has 2 nitrogen and oxygen atoms in total. The van der Waals surface area contributed by atoms with Crippen molar-refractivity contribution >= 4 is 35.2 Å². The second-order valence-corrected chi connectivity index (χ2v) is 13.3. The lowest BCUT2D eigenvalue weighted by atomic mass is 9.79. The summed E-state index contributed by atoms with van der Waals surface area (Å²) in [5.41, 5.74) is 3.72. The van der Waals surface area contributed by atoms with Gasteiger partial charge in [0.2, 0.25) is 0 Å². The summed E-state index contributed by atoms with van der Waals surface area (Å²) < 4.78 is 0. The summed E-state index contributed by atoms with van der Waals surface area (Å²) in [6, 6.07) is 34.2. The first-order chi connectivity index (χ1) is 16.6. The monoisotopic (exact) mass is 481 g/mol. The first-order valence-corrected chi connectivity index (χ1v) is 13.5. The van der Waals surface area contributed by atoms with Gasteiger partial charge in [-0.25, -0.2) is 0 Å². The van der Waals surface area contributed by atoms with E-state index in [4.69, 9.17) is 0 Å². The van der Waals surface area contributed by atoms with Crippen LogP contribution in [0.2, 0.25) is 0 Å². The van der Waals surface area contributed by atoms with Crippen LogP contribution in [0, 0.1) is 0 Å². The van der Waals surface area contributed by atoms with Crippen molar-refractivity contribution in [2.45, 2.75) is 52.4 Å². The Bertz CT molecular complexity index is 1250. The van der Waals surface area contributed by atoms with Crippen LogP contribution in [0.4, 0.5) is 11.4 Å². The van der Waals surface area contributed by atoms with Crippen LogP contribution >= 0.6 is 7.92 Å². The minimum atomic E-state index is -0.777. The maximum absolute atomic E-state index is 11.4. The number of phenols is 1. The number of nitrogens with one attached hydrogen (secondary N) is 1. The van der Waals surface area contributed by atoms with Crippen molar-refractivity contribution in [3.05, 3.63) is 108 Å². The molecule has 4 aromatic carbocycles. The maximum atomic E-state index is 11.4. The van der Waals surface area contributed by atoms with Gasteiger partial charge in [0.05, 0.1) is 5.69 Å². The van der Waals surface area contributed by atoms with Crippen LogP contribution in [0.5, 0.6) is 5.75 Å². The number of para-hydroxylation sites is 1. The van der Waals surface area contributed by atoms with Crippen molar-refractivity contribution in [2.75, 3.05) is 5.32 Å². The number of phenolic OH excluding ortho intramolecular Hbond substituents is 1. The predicted octanol–water partition coefficient (Wildman–Crippen LogP) is 7.49. The van der Waals surface area contributed by atoms with E-state index >= 15 is 0 Å². The SMILES string of the molecule is CC(C)(C)c1cc(Nc2ccccc2P(c2ccccc2)c2ccccc2)c(O)c(C(C)(C)C)c1. The first kappa shape index (κ1) is 25.0. The van der Waals surface area contributed by atoms with Gasteiger partial charge in [-0.15, -0.1) is 0 Å². The molecule has 4 aromatic rings. The van der Waals surface area contributed by atoms with Gasteiger partial charge in [-0.2, -0.15) is 0 Å². The summed E-state index contributed by atoms with van der Waals surface area (Å²) in [6.07, 6.45) is 0. The summed E-state index contributed by atoms with van der Waals surface area (Å²) in [5, 5.41) is 18.9. The van der Waals surface area contributed by atoms with Gasteiger partial charge in [-0.1, -0.05) is 126 Å². The average molecular weight is 482 g/mol. The van der Waals surface area contributed by atoms with E-state index in [9.17, 15) is 5.11 Å². The third kappa shape index (κ3) is 5.60. The van der Waals surface area contributed by atoms with E-state index in [1.807, 2.05) is 0 Å². The molecule has 0 heterocycles. The summed E-state index contributed by atoms with van der Waals surface area (Å²) >= 11 is 0. The van der Waals surface area contributed by atoms with Gasteiger partial charge in [0, 0.05) is 16.6 Å². The minimum absolute atomic E-state index is 0.0374. The Morgan fingerprint density at radius 1 is 0.600 bits per heavy atom. The van der Waals surface area contributed by atoms with Crippen molar-refractivity contribution < 1.29 is 5.11 Å². The zero-order chi connectivity index (χ0) is 25.2. The molecule has 0 bridgehead atoms. The molecule has 180 valence electrons. The topological polar surface area (TPSA) is 32.3 Å². The lowest BCUT2D eigenvalue weighted by molar-refractivity contribution is 0.447. The Morgan fingerprint density at radius 3 is 1.63 bits per heavy atom. The molecule has 0 atom stereocenters. The van der Waals surface area contributed by atoms with Gasteiger partial charge in [0.25, 0.3) is 0 Å². The van der Waals surface area contributed by atoms with Crippen LogP contribution < -0.4 is 21.2 Å². The molecule has 0 amide bonds. The van der Waals surface area contributed by atoms with E-state index in [2.05, 4.69) is 144 Å². The number of hydrogen-bond donors (Lipinski definition) is 2. The Labute approximate surface area is 211 Å². The van der Waals surface area contributed by atoms with Crippen LogP contribution in [0.1, 0.15) is 52.7 Å². The van der Waals surface area contributed by atoms with Gasteiger partial charge >= 0.3 is 0 Å². The fraction of sp³-hybridized carbons (Fsp3) is 0.250. The first-order valence-electron chi connectivity index (χ1n) is 12.2. The summed E-state index contributed by atoms with van der Waals surface area (Å²) in [4.78, 5) is 0. The van der Waals surface area contributed by atoms with Crippen LogP contribution in [-0.4, -0.2) is 5.11 Å². The van der Waals surface area contributed by atoms with E-state index in [1.54, 1.807) is 0 Å². The number of hydrogen-bond acceptors (Lipinski definition) is 2. The summed E-state index contributed by atoms with van der Waals surface area (Å²) in [7, 11) is -0.777. The van der Waals surface area contributed by atoms with Crippen molar-refractivity contribution in [3.8, 4) is 5.75 Å². The molecule has 2 N–H and O–H groups in total. The third-order valence-corrected chi connectivity index (χ3v) is 8.73. The van der Waals surface area contributed by atoms with Crippen LogP contribution in [0.3, 0.4) is 0 Å². The highest BCUT2D eigenvalue weighted by Crippen LogP contribution is 2.42. The van der Waals surface area contributed by atoms with Crippen molar-refractivity contribution in [3.63, 3.8) is 0 Å². The van der Waals surface area contributed by atoms with Gasteiger partial charge in [-0.3, -0.25) is 0 Å². The maximum Gasteiger partial charge on any atom is 0.142 e. The molecule has 4 rings (SSSR count). The molecule has 0 unspecified atom stereocenters. The normalized spacial score (nSPS) is 12.1. The highest BCUT2D eigenvalue weighted by Gasteiger charge is 2.26. The highest BCUT2D eigenvalue weighted by atomic mass is 31.1. The molecule has 0 aromatic heterocycles. The summed E-state index contributed by atoms with van der Waals surface area (Å²) in [6.45, 7) is 13.1. The molecule has 0 aliphatic rings. The second-order valence-electron chi connectivity index (χ2n) is 11.1. The third-order valence-electron chi connectivity index (χ3n) is 6.23. The Balaban J connectivity index is 1.88. The van der Waals surface area contributed by atoms with Gasteiger partial charge in [0.15, 0.2) is 0 Å². The molecule has 0 saturated carbocycles. The fourth-order valence-electron chi connectivity index (χ4n) is 4.24. The van der Waals surface area contributed by atoms with Crippen molar-refractivity contribution in [1.82, 2.24) is 0 Å². The molecule has 35 heavy (non-hydrogen) atoms. The van der Waals surface area contributed by atoms with Gasteiger partial charge < -0.3 is 10.4 Å². The lowest BCUT2D eigenvalue weighted by Crippen LogP contribution is -2.23. The van der Waals surface area contributed by atoms with Gasteiger partial charge in [-0.05, 0) is 47.1 Å². The average Bonchev–Trinajstić information content (AvgIpc) is 2.81. The zero-order valence-electron chi connectivity index (χ0n) is 21.6. The van der Waals surface area contributed by atoms with Crippen LogP contribution in [-0.2, 0) is 10.8 Å². The molecule has 0 saturated heterocycles. The smallest absolute Gasteiger partial charge is 0.142 e. The van der Waals surface area contributed by atoms with Crippen LogP contribution in [0.25, 0.3) is 0 Å². The molecule has 0 radical (unpaired) electrons. The molecule has 3 heteroatoms. The summed E-state index contributed by atoms with van der Waals surface area (Å²) in [5.74, 6) is 0.323. The van der Waals surface area contributed by atoms with Crippen molar-refractivity contribution in [1.29, 1.82) is 0 Å². The quantitative estimate of drug-likeness (QED) is 0.229. The van der Waals surface area contributed by atoms with Gasteiger partial charge in [0.1, 0.15) is 5.75 Å². The largest absolute Gasteiger partial charge is 0.505 e. The standard InChI is InChI=1S/C32H36NOP/c1-31(2,3)23-21-26(32(4,5)6)30(34)28(22-23)33-27-19-13-14-20-29(27)35(24-15-9-7-10-16-24)25-17-11-8-12-18-25/h7-22,33-34H,1-6H3. The molecular formula is C32H36NOP. The zero-order valence-corrected chi connectivity index (χ0v) is 22.5. The predicted molar refractivity (Wildman–Crippen MR) is 154 cm³/mol. The molecule has 0 spiro atoms. The number of rotatable bonds is 5. The van der Waals surface area contributed by atoms with E-state index in [1.165, 1.54) is 21.5 Å². The molecular weight excluding hydrogens is 445 g/mol. The molecule has 0 fully saturated rings. The Morgan fingerprint density at radius 2 is 1.11 bits per heavy atom. The number of aromatic hydroxyl groups is 1. The van der Waals surface area contributed by atoms with E-state index < -0.39 is 7.92 Å². The Hall–Kier alpha value is -3.09. The Kier molecular flexibility index (Phi) is 7.06. The molecule has 0 aliphatic carbocycles. The lowest BCUT2D eigenvalue weighted by Gasteiger charge is -2.28. The number of benzene rings is 4.